The third-order valence-electron chi connectivity index (χ3n) is 1.14. The molecule has 0 aliphatic rings. The van der Waals surface area contributed by atoms with Crippen LogP contribution in [0.1, 0.15) is 20.3 Å². The molecule has 13 heavy (non-hydrogen) atoms. The van der Waals surface area contributed by atoms with Gasteiger partial charge < -0.3 is 9.47 Å². The van der Waals surface area contributed by atoms with Gasteiger partial charge in [0.1, 0.15) is 6.61 Å². The van der Waals surface area contributed by atoms with Crippen LogP contribution in [0.4, 0.5) is 0 Å². The molecule has 0 N–H and O–H groups in total. The van der Waals surface area contributed by atoms with Gasteiger partial charge in [-0.3, -0.25) is 9.59 Å². The van der Waals surface area contributed by atoms with Crippen LogP contribution in [-0.4, -0.2) is 25.2 Å². The average Bonchev–Trinajstić information content (AvgIpc) is 2.01. The highest BCUT2D eigenvalue weighted by atomic mass is 16.5. The number of ether oxygens (including phenoxy) is 2. The lowest BCUT2D eigenvalue weighted by atomic mass is 10.4. The summed E-state index contributed by atoms with van der Waals surface area (Å²) in [5.74, 6) is -0.585. The number of rotatable bonds is 5. The molecule has 0 spiro atoms. The third kappa shape index (κ3) is 10.7. The molecule has 4 heteroatoms. The summed E-state index contributed by atoms with van der Waals surface area (Å²) in [6.45, 7) is 3.36. The van der Waals surface area contributed by atoms with Crippen LogP contribution in [0.3, 0.4) is 0 Å². The van der Waals surface area contributed by atoms with E-state index in [1.54, 1.807) is 12.2 Å². The number of esters is 2. The molecule has 0 aromatic heterocycles. The Kier molecular flexibility index (Phi) is 6.59. The van der Waals surface area contributed by atoms with Crippen molar-refractivity contribution in [3.63, 3.8) is 0 Å². The van der Waals surface area contributed by atoms with Crippen LogP contribution in [0.5, 0.6) is 0 Å². The van der Waals surface area contributed by atoms with E-state index in [1.807, 2.05) is 0 Å². The Morgan fingerprint density at radius 3 is 2.23 bits per heavy atom. The summed E-state index contributed by atoms with van der Waals surface area (Å²) in [5.41, 5.74) is 0. The molecular weight excluding hydrogens is 172 g/mol. The quantitative estimate of drug-likeness (QED) is 0.366. The zero-order valence-corrected chi connectivity index (χ0v) is 7.91. The molecule has 0 fully saturated rings. The molecule has 0 bridgehead atoms. The first-order chi connectivity index (χ1) is 6.13. The average molecular weight is 186 g/mol. The van der Waals surface area contributed by atoms with Crippen molar-refractivity contribution in [2.24, 2.45) is 0 Å². The zero-order valence-electron chi connectivity index (χ0n) is 7.91. The van der Waals surface area contributed by atoms with E-state index in [4.69, 9.17) is 0 Å². The van der Waals surface area contributed by atoms with Gasteiger partial charge in [-0.15, -0.1) is 0 Å². The number of hydrogen-bond acceptors (Lipinski definition) is 4. The van der Waals surface area contributed by atoms with Crippen molar-refractivity contribution in [3.05, 3.63) is 12.2 Å². The van der Waals surface area contributed by atoms with Crippen LogP contribution in [0.2, 0.25) is 0 Å². The smallest absolute Gasteiger partial charge is 0.302 e. The van der Waals surface area contributed by atoms with Crippen LogP contribution in [0.15, 0.2) is 12.2 Å². The van der Waals surface area contributed by atoms with E-state index >= 15 is 0 Å². The summed E-state index contributed by atoms with van der Waals surface area (Å²) in [4.78, 5) is 20.6. The first-order valence-electron chi connectivity index (χ1n) is 4.04. The van der Waals surface area contributed by atoms with Gasteiger partial charge in [-0.2, -0.15) is 0 Å². The molecule has 0 aliphatic carbocycles. The second-order valence-electron chi connectivity index (χ2n) is 2.40. The predicted molar refractivity (Wildman–Crippen MR) is 47.0 cm³/mol. The van der Waals surface area contributed by atoms with E-state index in [0.29, 0.717) is 13.0 Å². The number of hydrogen-bond donors (Lipinski definition) is 0. The Morgan fingerprint density at radius 2 is 1.69 bits per heavy atom. The summed E-state index contributed by atoms with van der Waals surface area (Å²) in [6.07, 6.45) is 4.15. The molecular formula is C9H14O4. The second-order valence-corrected chi connectivity index (χ2v) is 2.40. The van der Waals surface area contributed by atoms with Crippen molar-refractivity contribution >= 4 is 11.9 Å². The molecule has 0 heterocycles. The SMILES string of the molecule is CC(=O)OC/C=C/CCOC(C)=O. The molecule has 0 radical (unpaired) electrons. The minimum atomic E-state index is -0.301. The van der Waals surface area contributed by atoms with Crippen molar-refractivity contribution < 1.29 is 19.1 Å². The highest BCUT2D eigenvalue weighted by Gasteiger charge is 1.89. The van der Waals surface area contributed by atoms with Gasteiger partial charge in [-0.1, -0.05) is 12.2 Å². The normalized spacial score (nSPS) is 10.0. The van der Waals surface area contributed by atoms with Gasteiger partial charge in [0.25, 0.3) is 0 Å². The van der Waals surface area contributed by atoms with E-state index < -0.39 is 0 Å². The Balaban J connectivity index is 3.22. The van der Waals surface area contributed by atoms with Gasteiger partial charge in [0.15, 0.2) is 0 Å². The van der Waals surface area contributed by atoms with Gasteiger partial charge in [0.05, 0.1) is 6.61 Å². The maximum Gasteiger partial charge on any atom is 0.302 e. The standard InChI is InChI=1S/C9H14O4/c1-8(10)12-6-4-3-5-7-13-9(2)11/h3-4H,5-7H2,1-2H3/b4-3+. The molecule has 0 saturated heterocycles. The van der Waals surface area contributed by atoms with Crippen LogP contribution in [0, 0.1) is 0 Å². The van der Waals surface area contributed by atoms with Crippen molar-refractivity contribution in [3.8, 4) is 0 Å². The summed E-state index contributed by atoms with van der Waals surface area (Å²) in [6, 6.07) is 0. The summed E-state index contributed by atoms with van der Waals surface area (Å²) in [5, 5.41) is 0. The van der Waals surface area contributed by atoms with Crippen molar-refractivity contribution in [2.75, 3.05) is 13.2 Å². The Hall–Kier alpha value is -1.32. The lowest BCUT2D eigenvalue weighted by molar-refractivity contribution is -0.141. The molecule has 0 aromatic carbocycles. The van der Waals surface area contributed by atoms with Crippen LogP contribution >= 0.6 is 0 Å². The van der Waals surface area contributed by atoms with E-state index in [-0.39, 0.29) is 18.5 Å². The number of carbonyl (C=O) groups is 2. The lowest BCUT2D eigenvalue weighted by Crippen LogP contribution is -2.00. The fourth-order valence-corrected chi connectivity index (χ4v) is 0.622. The predicted octanol–water partition coefficient (Wildman–Crippen LogP) is 1.06. The van der Waals surface area contributed by atoms with Gasteiger partial charge >= 0.3 is 11.9 Å². The molecule has 0 unspecified atom stereocenters. The second kappa shape index (κ2) is 7.34. The highest BCUT2D eigenvalue weighted by molar-refractivity contribution is 5.66. The van der Waals surface area contributed by atoms with E-state index in [2.05, 4.69) is 9.47 Å². The molecule has 0 amide bonds. The van der Waals surface area contributed by atoms with Gasteiger partial charge in [-0.25, -0.2) is 0 Å². The van der Waals surface area contributed by atoms with Gasteiger partial charge in [0.2, 0.25) is 0 Å². The summed E-state index contributed by atoms with van der Waals surface area (Å²) in [7, 11) is 0. The summed E-state index contributed by atoms with van der Waals surface area (Å²) < 4.78 is 9.31. The van der Waals surface area contributed by atoms with Crippen molar-refractivity contribution in [1.82, 2.24) is 0 Å². The summed E-state index contributed by atoms with van der Waals surface area (Å²) >= 11 is 0. The molecule has 0 aliphatic heterocycles. The Morgan fingerprint density at radius 1 is 1.08 bits per heavy atom. The topological polar surface area (TPSA) is 52.6 Å². The molecule has 0 aromatic rings. The first kappa shape index (κ1) is 11.7. The van der Waals surface area contributed by atoms with Crippen LogP contribution < -0.4 is 0 Å². The minimum absolute atomic E-state index is 0.273. The van der Waals surface area contributed by atoms with E-state index in [9.17, 15) is 9.59 Å². The monoisotopic (exact) mass is 186 g/mol. The Labute approximate surface area is 77.5 Å². The third-order valence-corrected chi connectivity index (χ3v) is 1.14. The molecule has 74 valence electrons. The highest BCUT2D eigenvalue weighted by Crippen LogP contribution is 1.87. The Bertz CT molecular complexity index is 196. The minimum Gasteiger partial charge on any atom is -0.466 e. The van der Waals surface area contributed by atoms with E-state index in [0.717, 1.165) is 0 Å². The van der Waals surface area contributed by atoms with Gasteiger partial charge in [-0.05, 0) is 6.42 Å². The molecule has 0 atom stereocenters. The van der Waals surface area contributed by atoms with Gasteiger partial charge in [0, 0.05) is 13.8 Å². The maximum atomic E-state index is 10.3. The fraction of sp³-hybridized carbons (Fsp3) is 0.556. The lowest BCUT2D eigenvalue weighted by Gasteiger charge is -1.97. The first-order valence-corrected chi connectivity index (χ1v) is 4.04. The van der Waals surface area contributed by atoms with Crippen molar-refractivity contribution in [2.45, 2.75) is 20.3 Å². The van der Waals surface area contributed by atoms with E-state index in [1.165, 1.54) is 13.8 Å². The molecule has 0 rings (SSSR count). The zero-order chi connectivity index (χ0) is 10.1. The van der Waals surface area contributed by atoms with Crippen molar-refractivity contribution in [1.29, 1.82) is 0 Å². The number of carbonyl (C=O) groups excluding carboxylic acids is 2. The molecule has 0 saturated carbocycles. The maximum absolute atomic E-state index is 10.3. The molecule has 4 nitrogen and oxygen atoms in total. The van der Waals surface area contributed by atoms with Crippen LogP contribution in [0.25, 0.3) is 0 Å². The van der Waals surface area contributed by atoms with Crippen LogP contribution in [-0.2, 0) is 19.1 Å². The fourth-order valence-electron chi connectivity index (χ4n) is 0.622. The largest absolute Gasteiger partial charge is 0.466 e.